The normalized spacial score (nSPS) is 22.1. The first kappa shape index (κ1) is 26.2. The van der Waals surface area contributed by atoms with E-state index in [-0.39, 0.29) is 11.3 Å². The molecule has 3 aromatic rings. The second-order valence-corrected chi connectivity index (χ2v) is 11.4. The number of aliphatic hydroxyl groups is 1. The van der Waals surface area contributed by atoms with Crippen molar-refractivity contribution in [2.75, 3.05) is 32.7 Å². The Hall–Kier alpha value is -2.37. The number of hydrogen-bond donors (Lipinski definition) is 1. The monoisotopic (exact) mass is 536 g/mol. The van der Waals surface area contributed by atoms with E-state index in [0.29, 0.717) is 16.6 Å². The third-order valence-corrected chi connectivity index (χ3v) is 9.06. The Labute approximate surface area is 229 Å². The maximum Gasteiger partial charge on any atom is 0.253 e. The minimum atomic E-state index is -0.761. The van der Waals surface area contributed by atoms with Gasteiger partial charge in [-0.25, -0.2) is 0 Å². The zero-order valence-electron chi connectivity index (χ0n) is 21.1. The Morgan fingerprint density at radius 2 is 1.49 bits per heavy atom. The molecule has 0 aromatic heterocycles. The number of carbonyl (C=O) groups is 1. The molecule has 2 heterocycles. The maximum absolute atomic E-state index is 13.4. The molecule has 5 rings (SSSR count). The smallest absolute Gasteiger partial charge is 0.253 e. The van der Waals surface area contributed by atoms with Gasteiger partial charge in [0, 0.05) is 37.2 Å². The zero-order chi connectivity index (χ0) is 25.9. The Kier molecular flexibility index (Phi) is 7.92. The van der Waals surface area contributed by atoms with E-state index in [1.165, 1.54) is 0 Å². The van der Waals surface area contributed by atoms with Gasteiger partial charge in [-0.1, -0.05) is 77.8 Å². The predicted molar refractivity (Wildman–Crippen MR) is 150 cm³/mol. The molecule has 37 heavy (non-hydrogen) atoms. The molecule has 1 unspecified atom stereocenters. The molecule has 2 fully saturated rings. The summed E-state index contributed by atoms with van der Waals surface area (Å²) >= 11 is 12.7. The fraction of sp³-hybridized carbons (Fsp3) is 0.387. The van der Waals surface area contributed by atoms with Crippen molar-refractivity contribution in [3.05, 3.63) is 106 Å². The zero-order valence-corrected chi connectivity index (χ0v) is 22.6. The standard InChI is InChI=1S/C31H34Cl2N2O2/c32-27-13-12-26(22-28(27)33)30(14-7-18-35(23-30)29(36)24-8-3-1-4-9-24)15-19-34-20-16-31(37,17-21-34)25-10-5-2-6-11-25/h1-6,8-13,22,37H,7,14-21,23H2. The van der Waals surface area contributed by atoms with E-state index in [0.717, 1.165) is 75.0 Å². The van der Waals surface area contributed by atoms with Gasteiger partial charge in [-0.2, -0.15) is 0 Å². The average molecular weight is 538 g/mol. The van der Waals surface area contributed by atoms with Gasteiger partial charge in [0.05, 0.1) is 15.6 Å². The van der Waals surface area contributed by atoms with E-state index in [2.05, 4.69) is 11.0 Å². The lowest BCUT2D eigenvalue weighted by molar-refractivity contribution is -0.0279. The van der Waals surface area contributed by atoms with Crippen molar-refractivity contribution in [3.63, 3.8) is 0 Å². The van der Waals surface area contributed by atoms with Crippen LogP contribution in [0.1, 0.15) is 53.6 Å². The van der Waals surface area contributed by atoms with Crippen LogP contribution >= 0.6 is 23.2 Å². The van der Waals surface area contributed by atoms with Gasteiger partial charge in [0.25, 0.3) is 5.91 Å². The van der Waals surface area contributed by atoms with E-state index < -0.39 is 5.60 Å². The van der Waals surface area contributed by atoms with Crippen LogP contribution in [0.15, 0.2) is 78.9 Å². The second-order valence-electron chi connectivity index (χ2n) is 10.6. The van der Waals surface area contributed by atoms with Gasteiger partial charge in [0.2, 0.25) is 0 Å². The highest BCUT2D eigenvalue weighted by Gasteiger charge is 2.40. The summed E-state index contributed by atoms with van der Waals surface area (Å²) in [5.41, 5.74) is 1.91. The highest BCUT2D eigenvalue weighted by molar-refractivity contribution is 6.42. The third kappa shape index (κ3) is 5.73. The molecule has 0 aliphatic carbocycles. The molecule has 0 bridgehead atoms. The number of hydrogen-bond acceptors (Lipinski definition) is 3. The fourth-order valence-corrected chi connectivity index (χ4v) is 6.33. The van der Waals surface area contributed by atoms with Crippen LogP contribution in [0.25, 0.3) is 0 Å². The molecule has 2 aliphatic heterocycles. The first-order valence-corrected chi connectivity index (χ1v) is 13.9. The van der Waals surface area contributed by atoms with Crippen LogP contribution in [0.2, 0.25) is 10.0 Å². The van der Waals surface area contributed by atoms with Crippen LogP contribution in [0.5, 0.6) is 0 Å². The van der Waals surface area contributed by atoms with E-state index in [4.69, 9.17) is 23.2 Å². The fourth-order valence-electron chi connectivity index (χ4n) is 6.03. The van der Waals surface area contributed by atoms with Crippen LogP contribution < -0.4 is 0 Å². The summed E-state index contributed by atoms with van der Waals surface area (Å²) in [6.07, 6.45) is 4.27. The molecule has 0 spiro atoms. The van der Waals surface area contributed by atoms with E-state index in [9.17, 15) is 9.90 Å². The summed E-state index contributed by atoms with van der Waals surface area (Å²) in [5, 5.41) is 12.4. The van der Waals surface area contributed by atoms with Gasteiger partial charge in [-0.05, 0) is 74.0 Å². The topological polar surface area (TPSA) is 43.8 Å². The SMILES string of the molecule is O=C(c1ccccc1)N1CCCC(CCN2CCC(O)(c3ccccc3)CC2)(c2ccc(Cl)c(Cl)c2)C1. The molecule has 1 N–H and O–H groups in total. The number of amides is 1. The average Bonchev–Trinajstić information content (AvgIpc) is 2.95. The van der Waals surface area contributed by atoms with Gasteiger partial charge in [-0.3, -0.25) is 4.79 Å². The number of halogens is 2. The molecule has 194 valence electrons. The number of likely N-dealkylation sites (tertiary alicyclic amines) is 2. The number of nitrogens with zero attached hydrogens (tertiary/aromatic N) is 2. The Morgan fingerprint density at radius 3 is 2.16 bits per heavy atom. The van der Waals surface area contributed by atoms with E-state index in [1.54, 1.807) is 0 Å². The minimum Gasteiger partial charge on any atom is -0.385 e. The lowest BCUT2D eigenvalue weighted by atomic mass is 9.71. The molecular weight excluding hydrogens is 503 g/mol. The van der Waals surface area contributed by atoms with Crippen LogP contribution in [0.3, 0.4) is 0 Å². The molecule has 2 aliphatic rings. The molecule has 0 radical (unpaired) electrons. The summed E-state index contributed by atoms with van der Waals surface area (Å²) in [6, 6.07) is 25.5. The molecule has 6 heteroatoms. The summed E-state index contributed by atoms with van der Waals surface area (Å²) < 4.78 is 0. The number of carbonyl (C=O) groups excluding carboxylic acids is 1. The number of benzene rings is 3. The van der Waals surface area contributed by atoms with Gasteiger partial charge >= 0.3 is 0 Å². The summed E-state index contributed by atoms with van der Waals surface area (Å²) in [6.45, 7) is 3.99. The lowest BCUT2D eigenvalue weighted by Gasteiger charge is -2.45. The van der Waals surface area contributed by atoms with Crippen LogP contribution in [-0.4, -0.2) is 53.5 Å². The van der Waals surface area contributed by atoms with Crippen molar-refractivity contribution in [1.29, 1.82) is 0 Å². The Balaban J connectivity index is 1.33. The summed E-state index contributed by atoms with van der Waals surface area (Å²) in [7, 11) is 0. The number of piperidine rings is 2. The van der Waals surface area contributed by atoms with Crippen molar-refractivity contribution in [2.45, 2.75) is 43.1 Å². The van der Waals surface area contributed by atoms with Crippen molar-refractivity contribution in [3.8, 4) is 0 Å². The number of rotatable bonds is 6. The van der Waals surface area contributed by atoms with E-state index >= 15 is 0 Å². The van der Waals surface area contributed by atoms with Crippen LogP contribution in [-0.2, 0) is 11.0 Å². The highest BCUT2D eigenvalue weighted by atomic mass is 35.5. The molecule has 0 saturated carbocycles. The predicted octanol–water partition coefficient (Wildman–Crippen LogP) is 6.54. The van der Waals surface area contributed by atoms with Crippen molar-refractivity contribution < 1.29 is 9.90 Å². The van der Waals surface area contributed by atoms with Crippen molar-refractivity contribution >= 4 is 29.1 Å². The quantitative estimate of drug-likeness (QED) is 0.388. The van der Waals surface area contributed by atoms with Gasteiger partial charge in [-0.15, -0.1) is 0 Å². The molecule has 2 saturated heterocycles. The highest BCUT2D eigenvalue weighted by Crippen LogP contribution is 2.41. The molecule has 3 aromatic carbocycles. The largest absolute Gasteiger partial charge is 0.385 e. The van der Waals surface area contributed by atoms with Gasteiger partial charge < -0.3 is 14.9 Å². The minimum absolute atomic E-state index is 0.0793. The molecule has 1 atom stereocenters. The van der Waals surface area contributed by atoms with Crippen molar-refractivity contribution in [2.24, 2.45) is 0 Å². The first-order valence-electron chi connectivity index (χ1n) is 13.2. The molecule has 1 amide bonds. The molecular formula is C31H34Cl2N2O2. The Bertz CT molecular complexity index is 1210. The van der Waals surface area contributed by atoms with Gasteiger partial charge in [0.1, 0.15) is 0 Å². The van der Waals surface area contributed by atoms with Crippen LogP contribution in [0.4, 0.5) is 0 Å². The summed E-state index contributed by atoms with van der Waals surface area (Å²) in [4.78, 5) is 17.9. The van der Waals surface area contributed by atoms with Crippen LogP contribution in [0, 0.1) is 0 Å². The maximum atomic E-state index is 13.4. The van der Waals surface area contributed by atoms with E-state index in [1.807, 2.05) is 77.7 Å². The van der Waals surface area contributed by atoms with Crippen molar-refractivity contribution in [1.82, 2.24) is 9.80 Å². The third-order valence-electron chi connectivity index (χ3n) is 8.32. The second kappa shape index (κ2) is 11.2. The van der Waals surface area contributed by atoms with Gasteiger partial charge in [0.15, 0.2) is 0 Å². The Morgan fingerprint density at radius 1 is 0.811 bits per heavy atom. The molecule has 4 nitrogen and oxygen atoms in total. The lowest BCUT2D eigenvalue weighted by Crippen LogP contribution is -2.50. The first-order chi connectivity index (χ1) is 17.9. The summed E-state index contributed by atoms with van der Waals surface area (Å²) in [5.74, 6) is 0.0793.